The molecule has 3 nitrogen and oxygen atoms in total. The molecular weight excluding hydrogens is 222 g/mol. The number of hydrogen-bond donors (Lipinski definition) is 1. The van der Waals surface area contributed by atoms with E-state index in [1.54, 1.807) is 0 Å². The lowest BCUT2D eigenvalue weighted by molar-refractivity contribution is 0.241. The Morgan fingerprint density at radius 3 is 2.94 bits per heavy atom. The Bertz CT molecular complexity index is 341. The lowest BCUT2D eigenvalue weighted by Gasteiger charge is -2.25. The topological polar surface area (TPSA) is 28.2 Å². The van der Waals surface area contributed by atoms with Crippen molar-refractivity contribution in [2.75, 3.05) is 19.6 Å². The lowest BCUT2D eigenvalue weighted by Crippen LogP contribution is -2.37. The molecule has 0 bridgehead atoms. The average Bonchev–Trinajstić information content (AvgIpc) is 2.85. The van der Waals surface area contributed by atoms with Crippen molar-refractivity contribution in [2.45, 2.75) is 45.7 Å². The smallest absolute Gasteiger partial charge is 0.0372 e. The fourth-order valence-corrected chi connectivity index (χ4v) is 2.63. The van der Waals surface area contributed by atoms with E-state index in [1.807, 2.05) is 13.1 Å². The minimum atomic E-state index is 0.690. The van der Waals surface area contributed by atoms with Gasteiger partial charge in [0.1, 0.15) is 0 Å². The molecule has 1 atom stereocenters. The Labute approximate surface area is 111 Å². The largest absolute Gasteiger partial charge is 0.313 e. The van der Waals surface area contributed by atoms with Crippen LogP contribution >= 0.6 is 0 Å². The first-order chi connectivity index (χ1) is 8.78. The summed E-state index contributed by atoms with van der Waals surface area (Å²) in [6.45, 7) is 8.85. The summed E-state index contributed by atoms with van der Waals surface area (Å²) in [7, 11) is 0. The summed E-state index contributed by atoms with van der Waals surface area (Å²) in [5, 5.41) is 3.58. The molecule has 1 unspecified atom stereocenters. The van der Waals surface area contributed by atoms with Gasteiger partial charge in [-0.1, -0.05) is 13.0 Å². The van der Waals surface area contributed by atoms with Crippen LogP contribution in [0.4, 0.5) is 0 Å². The first-order valence-electron chi connectivity index (χ1n) is 7.15. The highest BCUT2D eigenvalue weighted by molar-refractivity contribution is 5.13. The quantitative estimate of drug-likeness (QED) is 0.836. The molecule has 0 spiro atoms. The maximum absolute atomic E-state index is 4.38. The second-order valence-electron chi connectivity index (χ2n) is 5.34. The fraction of sp³-hybridized carbons (Fsp3) is 0.667. The SMILES string of the molecule is CCCN(Cc1ccc(C)nc1)CC1CCCN1. The van der Waals surface area contributed by atoms with Crippen LogP contribution in [0.2, 0.25) is 0 Å². The van der Waals surface area contributed by atoms with Crippen molar-refractivity contribution in [3.8, 4) is 0 Å². The first-order valence-corrected chi connectivity index (χ1v) is 7.15. The zero-order valence-electron chi connectivity index (χ0n) is 11.7. The zero-order valence-corrected chi connectivity index (χ0v) is 11.7. The third-order valence-corrected chi connectivity index (χ3v) is 3.56. The number of nitrogens with zero attached hydrogens (tertiary/aromatic N) is 2. The van der Waals surface area contributed by atoms with E-state index >= 15 is 0 Å². The van der Waals surface area contributed by atoms with Crippen molar-refractivity contribution < 1.29 is 0 Å². The average molecular weight is 247 g/mol. The Hall–Kier alpha value is -0.930. The van der Waals surface area contributed by atoms with Crippen LogP contribution in [-0.4, -0.2) is 35.6 Å². The van der Waals surface area contributed by atoms with Gasteiger partial charge in [0.25, 0.3) is 0 Å². The molecule has 2 rings (SSSR count). The van der Waals surface area contributed by atoms with E-state index in [4.69, 9.17) is 0 Å². The molecule has 1 aliphatic rings. The highest BCUT2D eigenvalue weighted by atomic mass is 15.2. The van der Waals surface area contributed by atoms with E-state index in [1.165, 1.54) is 44.5 Å². The molecule has 1 aromatic rings. The normalized spacial score (nSPS) is 19.6. The summed E-state index contributed by atoms with van der Waals surface area (Å²) >= 11 is 0. The van der Waals surface area contributed by atoms with Crippen molar-refractivity contribution in [3.63, 3.8) is 0 Å². The molecule has 3 heteroatoms. The third-order valence-electron chi connectivity index (χ3n) is 3.56. The number of hydrogen-bond acceptors (Lipinski definition) is 3. The van der Waals surface area contributed by atoms with Gasteiger partial charge in [-0.05, 0) is 50.9 Å². The number of pyridine rings is 1. The summed E-state index contributed by atoms with van der Waals surface area (Å²) in [6, 6.07) is 5.00. The van der Waals surface area contributed by atoms with E-state index in [0.29, 0.717) is 6.04 Å². The summed E-state index contributed by atoms with van der Waals surface area (Å²) < 4.78 is 0. The van der Waals surface area contributed by atoms with Gasteiger partial charge < -0.3 is 5.32 Å². The van der Waals surface area contributed by atoms with Crippen LogP contribution < -0.4 is 5.32 Å². The van der Waals surface area contributed by atoms with Crippen LogP contribution in [0, 0.1) is 6.92 Å². The van der Waals surface area contributed by atoms with Crippen LogP contribution in [0.1, 0.15) is 37.4 Å². The van der Waals surface area contributed by atoms with Crippen LogP contribution in [0.5, 0.6) is 0 Å². The fourth-order valence-electron chi connectivity index (χ4n) is 2.63. The highest BCUT2D eigenvalue weighted by Gasteiger charge is 2.17. The molecule has 2 heterocycles. The van der Waals surface area contributed by atoms with Crippen LogP contribution in [0.3, 0.4) is 0 Å². The summed E-state index contributed by atoms with van der Waals surface area (Å²) in [6.07, 6.45) is 5.88. The minimum Gasteiger partial charge on any atom is -0.313 e. The van der Waals surface area contributed by atoms with Gasteiger partial charge in [-0.25, -0.2) is 0 Å². The van der Waals surface area contributed by atoms with E-state index in [-0.39, 0.29) is 0 Å². The van der Waals surface area contributed by atoms with Crippen molar-refractivity contribution in [2.24, 2.45) is 0 Å². The van der Waals surface area contributed by atoms with E-state index in [2.05, 4.69) is 34.3 Å². The Morgan fingerprint density at radius 1 is 1.44 bits per heavy atom. The van der Waals surface area contributed by atoms with Gasteiger partial charge in [-0.2, -0.15) is 0 Å². The number of nitrogens with one attached hydrogen (secondary N) is 1. The Balaban J connectivity index is 1.90. The summed E-state index contributed by atoms with van der Waals surface area (Å²) in [4.78, 5) is 6.93. The van der Waals surface area contributed by atoms with Gasteiger partial charge in [0.15, 0.2) is 0 Å². The monoisotopic (exact) mass is 247 g/mol. The van der Waals surface area contributed by atoms with Crippen molar-refractivity contribution in [3.05, 3.63) is 29.6 Å². The third kappa shape index (κ3) is 4.07. The van der Waals surface area contributed by atoms with Gasteiger partial charge in [-0.3, -0.25) is 9.88 Å². The molecule has 18 heavy (non-hydrogen) atoms. The molecule has 0 aliphatic carbocycles. The van der Waals surface area contributed by atoms with Gasteiger partial charge >= 0.3 is 0 Å². The first kappa shape index (κ1) is 13.5. The van der Waals surface area contributed by atoms with Crippen LogP contribution in [0.15, 0.2) is 18.3 Å². The summed E-state index contributed by atoms with van der Waals surface area (Å²) in [5.74, 6) is 0. The molecule has 1 fully saturated rings. The van der Waals surface area contributed by atoms with Gasteiger partial charge in [0.2, 0.25) is 0 Å². The zero-order chi connectivity index (χ0) is 12.8. The number of aryl methyl sites for hydroxylation is 1. The second-order valence-corrected chi connectivity index (χ2v) is 5.34. The van der Waals surface area contributed by atoms with Gasteiger partial charge in [0, 0.05) is 31.0 Å². The Morgan fingerprint density at radius 2 is 2.33 bits per heavy atom. The molecule has 1 saturated heterocycles. The maximum Gasteiger partial charge on any atom is 0.0372 e. The second kappa shape index (κ2) is 6.86. The van der Waals surface area contributed by atoms with Crippen molar-refractivity contribution in [1.29, 1.82) is 0 Å². The van der Waals surface area contributed by atoms with Crippen molar-refractivity contribution in [1.82, 2.24) is 15.2 Å². The number of aromatic nitrogens is 1. The standard InChI is InChI=1S/C15H25N3/c1-3-9-18(12-15-5-4-8-16-15)11-14-7-6-13(2)17-10-14/h6-7,10,15-16H,3-5,8-9,11-12H2,1-2H3. The van der Waals surface area contributed by atoms with E-state index in [0.717, 1.165) is 12.2 Å². The van der Waals surface area contributed by atoms with Gasteiger partial charge in [-0.15, -0.1) is 0 Å². The highest BCUT2D eigenvalue weighted by Crippen LogP contribution is 2.10. The molecule has 1 N–H and O–H groups in total. The molecule has 0 amide bonds. The van der Waals surface area contributed by atoms with E-state index < -0.39 is 0 Å². The minimum absolute atomic E-state index is 0.690. The molecule has 1 aliphatic heterocycles. The molecule has 1 aromatic heterocycles. The van der Waals surface area contributed by atoms with Gasteiger partial charge in [0.05, 0.1) is 0 Å². The van der Waals surface area contributed by atoms with Crippen LogP contribution in [-0.2, 0) is 6.54 Å². The Kier molecular flexibility index (Phi) is 5.14. The molecule has 0 radical (unpaired) electrons. The lowest BCUT2D eigenvalue weighted by atomic mass is 10.2. The molecular formula is C15H25N3. The predicted molar refractivity (Wildman–Crippen MR) is 75.6 cm³/mol. The number of rotatable bonds is 6. The molecule has 0 saturated carbocycles. The molecule has 100 valence electrons. The molecule has 0 aromatic carbocycles. The summed E-state index contributed by atoms with van der Waals surface area (Å²) in [5.41, 5.74) is 2.42. The van der Waals surface area contributed by atoms with E-state index in [9.17, 15) is 0 Å². The van der Waals surface area contributed by atoms with Crippen LogP contribution in [0.25, 0.3) is 0 Å². The predicted octanol–water partition coefficient (Wildman–Crippen LogP) is 2.35. The van der Waals surface area contributed by atoms with Crippen molar-refractivity contribution >= 4 is 0 Å². The maximum atomic E-state index is 4.38.